The van der Waals surface area contributed by atoms with Gasteiger partial charge in [-0.3, -0.25) is 18.3 Å². The molecule has 0 aliphatic carbocycles. The third-order valence-corrected chi connectivity index (χ3v) is 5.41. The zero-order valence-electron chi connectivity index (χ0n) is 15.9. The SMILES string of the molecule is Cc1cn2c3c(=O)n(Cc4c(F)cccc4Cl)c(=O)n(C)c3nc2n1CCCO. The van der Waals surface area contributed by atoms with Gasteiger partial charge in [-0.2, -0.15) is 4.98 Å². The second kappa shape index (κ2) is 7.16. The highest BCUT2D eigenvalue weighted by atomic mass is 35.5. The fourth-order valence-corrected chi connectivity index (χ4v) is 3.76. The Morgan fingerprint density at radius 3 is 2.69 bits per heavy atom. The van der Waals surface area contributed by atoms with Gasteiger partial charge in [0, 0.05) is 42.7 Å². The maximum atomic E-state index is 14.2. The molecule has 0 saturated carbocycles. The van der Waals surface area contributed by atoms with Gasteiger partial charge in [-0.15, -0.1) is 0 Å². The molecule has 29 heavy (non-hydrogen) atoms. The van der Waals surface area contributed by atoms with Crippen LogP contribution in [-0.4, -0.2) is 34.8 Å². The van der Waals surface area contributed by atoms with E-state index in [1.807, 2.05) is 11.5 Å². The number of hydrogen-bond donors (Lipinski definition) is 1. The summed E-state index contributed by atoms with van der Waals surface area (Å²) in [7, 11) is 1.51. The Morgan fingerprint density at radius 1 is 1.24 bits per heavy atom. The molecule has 0 saturated heterocycles. The van der Waals surface area contributed by atoms with Crippen LogP contribution < -0.4 is 11.2 Å². The van der Waals surface area contributed by atoms with E-state index in [9.17, 15) is 14.0 Å². The third-order valence-electron chi connectivity index (χ3n) is 5.06. The first kappa shape index (κ1) is 19.4. The van der Waals surface area contributed by atoms with E-state index in [4.69, 9.17) is 16.7 Å². The number of nitrogens with zero attached hydrogens (tertiary/aromatic N) is 5. The van der Waals surface area contributed by atoms with Crippen LogP contribution in [0.25, 0.3) is 16.9 Å². The third kappa shape index (κ3) is 2.97. The maximum absolute atomic E-state index is 14.2. The molecule has 0 atom stereocenters. The summed E-state index contributed by atoms with van der Waals surface area (Å²) in [5, 5.41) is 9.28. The summed E-state index contributed by atoms with van der Waals surface area (Å²) in [5.74, 6) is -0.0873. The number of aliphatic hydroxyl groups excluding tert-OH is 1. The van der Waals surface area contributed by atoms with Crippen molar-refractivity contribution in [3.63, 3.8) is 0 Å². The molecule has 4 aromatic rings. The maximum Gasteiger partial charge on any atom is 0.332 e. The van der Waals surface area contributed by atoms with Crippen molar-refractivity contribution in [1.29, 1.82) is 0 Å². The van der Waals surface area contributed by atoms with Crippen LogP contribution in [0, 0.1) is 12.7 Å². The second-order valence-corrected chi connectivity index (χ2v) is 7.29. The Labute approximate surface area is 169 Å². The van der Waals surface area contributed by atoms with Crippen molar-refractivity contribution >= 4 is 28.5 Å². The van der Waals surface area contributed by atoms with Crippen LogP contribution in [0.1, 0.15) is 17.7 Å². The van der Waals surface area contributed by atoms with E-state index in [-0.39, 0.29) is 34.9 Å². The highest BCUT2D eigenvalue weighted by Gasteiger charge is 2.21. The monoisotopic (exact) mass is 419 g/mol. The van der Waals surface area contributed by atoms with Crippen molar-refractivity contribution in [2.45, 2.75) is 26.4 Å². The molecular formula is C19H19ClFN5O3. The van der Waals surface area contributed by atoms with Crippen molar-refractivity contribution in [3.8, 4) is 0 Å². The number of rotatable bonds is 5. The van der Waals surface area contributed by atoms with E-state index >= 15 is 0 Å². The van der Waals surface area contributed by atoms with Gasteiger partial charge in [0.2, 0.25) is 5.78 Å². The standard InChI is InChI=1S/C19H19ClFN5O3/c1-11-9-25-15-16(22-18(25)24(11)7-4-8-27)23(2)19(29)26(17(15)28)10-12-13(20)5-3-6-14(12)21/h3,5-6,9,27H,4,7-8,10H2,1-2H3. The van der Waals surface area contributed by atoms with Crippen LogP contribution in [0.3, 0.4) is 0 Å². The van der Waals surface area contributed by atoms with Crippen LogP contribution in [-0.2, 0) is 20.1 Å². The van der Waals surface area contributed by atoms with Gasteiger partial charge in [-0.25, -0.2) is 9.18 Å². The van der Waals surface area contributed by atoms with Crippen LogP contribution in [0.2, 0.25) is 5.02 Å². The summed E-state index contributed by atoms with van der Waals surface area (Å²) in [6.45, 7) is 2.13. The number of imidazole rings is 2. The second-order valence-electron chi connectivity index (χ2n) is 6.89. The molecule has 0 radical (unpaired) electrons. The van der Waals surface area contributed by atoms with Gasteiger partial charge in [0.1, 0.15) is 5.82 Å². The molecule has 3 aromatic heterocycles. The summed E-state index contributed by atoms with van der Waals surface area (Å²) in [4.78, 5) is 30.5. The first-order valence-corrected chi connectivity index (χ1v) is 9.44. The molecule has 4 rings (SSSR count). The van der Waals surface area contributed by atoms with Crippen molar-refractivity contribution < 1.29 is 9.50 Å². The summed E-state index contributed by atoms with van der Waals surface area (Å²) in [6, 6.07) is 4.20. The van der Waals surface area contributed by atoms with Crippen LogP contribution in [0.5, 0.6) is 0 Å². The number of fused-ring (bicyclic) bond motifs is 3. The molecule has 1 aromatic carbocycles. The Balaban J connectivity index is 1.99. The Hall–Kier alpha value is -2.91. The lowest BCUT2D eigenvalue weighted by Crippen LogP contribution is -2.39. The van der Waals surface area contributed by atoms with E-state index in [1.165, 1.54) is 29.8 Å². The molecular weight excluding hydrogens is 401 g/mol. The molecule has 0 unspecified atom stereocenters. The van der Waals surface area contributed by atoms with Crippen molar-refractivity contribution in [3.05, 3.63) is 67.3 Å². The highest BCUT2D eigenvalue weighted by Crippen LogP contribution is 2.20. The summed E-state index contributed by atoms with van der Waals surface area (Å²) >= 11 is 6.08. The number of hydrogen-bond acceptors (Lipinski definition) is 4. The predicted octanol–water partition coefficient (Wildman–Crippen LogP) is 1.68. The lowest BCUT2D eigenvalue weighted by Gasteiger charge is -2.10. The van der Waals surface area contributed by atoms with E-state index in [0.717, 1.165) is 10.3 Å². The first-order chi connectivity index (χ1) is 13.8. The van der Waals surface area contributed by atoms with Gasteiger partial charge < -0.3 is 9.67 Å². The normalized spacial score (nSPS) is 11.8. The molecule has 0 aliphatic rings. The molecule has 0 bridgehead atoms. The Morgan fingerprint density at radius 2 is 2.00 bits per heavy atom. The van der Waals surface area contributed by atoms with Crippen molar-refractivity contribution in [1.82, 2.24) is 23.1 Å². The van der Waals surface area contributed by atoms with Crippen LogP contribution >= 0.6 is 11.6 Å². The fraction of sp³-hybridized carbons (Fsp3) is 0.316. The molecule has 0 fully saturated rings. The average Bonchev–Trinajstić information content (AvgIpc) is 3.19. The largest absolute Gasteiger partial charge is 0.396 e. The smallest absolute Gasteiger partial charge is 0.332 e. The minimum atomic E-state index is -0.610. The van der Waals surface area contributed by atoms with Gasteiger partial charge in [0.15, 0.2) is 11.2 Å². The quantitative estimate of drug-likeness (QED) is 0.533. The summed E-state index contributed by atoms with van der Waals surface area (Å²) in [6.07, 6.45) is 2.29. The van der Waals surface area contributed by atoms with Crippen molar-refractivity contribution in [2.24, 2.45) is 7.05 Å². The first-order valence-electron chi connectivity index (χ1n) is 9.06. The number of aryl methyl sites for hydroxylation is 3. The molecule has 8 nitrogen and oxygen atoms in total. The Bertz CT molecular complexity index is 1340. The van der Waals surface area contributed by atoms with E-state index in [1.54, 1.807) is 10.6 Å². The van der Waals surface area contributed by atoms with E-state index < -0.39 is 17.1 Å². The van der Waals surface area contributed by atoms with Gasteiger partial charge >= 0.3 is 5.69 Å². The van der Waals surface area contributed by atoms with Crippen LogP contribution in [0.4, 0.5) is 4.39 Å². The van der Waals surface area contributed by atoms with Gasteiger partial charge in [0.25, 0.3) is 5.56 Å². The van der Waals surface area contributed by atoms with Crippen molar-refractivity contribution in [2.75, 3.05) is 6.61 Å². The molecule has 0 aliphatic heterocycles. The summed E-state index contributed by atoms with van der Waals surface area (Å²) < 4.78 is 20.0. The van der Waals surface area contributed by atoms with Gasteiger partial charge in [0.05, 0.1) is 6.54 Å². The zero-order chi connectivity index (χ0) is 20.9. The lowest BCUT2D eigenvalue weighted by molar-refractivity contribution is 0.280. The number of benzene rings is 1. The van der Waals surface area contributed by atoms with Gasteiger partial charge in [-0.1, -0.05) is 17.7 Å². The Kier molecular flexibility index (Phi) is 4.79. The number of halogens is 2. The van der Waals surface area contributed by atoms with E-state index in [0.29, 0.717) is 18.7 Å². The topological polar surface area (TPSA) is 86.5 Å². The van der Waals surface area contributed by atoms with Gasteiger partial charge in [-0.05, 0) is 25.5 Å². The summed E-state index contributed by atoms with van der Waals surface area (Å²) in [5.41, 5.74) is 0.212. The van der Waals surface area contributed by atoms with Crippen LogP contribution in [0.15, 0.2) is 34.0 Å². The molecule has 3 heterocycles. The fourth-order valence-electron chi connectivity index (χ4n) is 3.54. The predicted molar refractivity (Wildman–Crippen MR) is 107 cm³/mol. The minimum absolute atomic E-state index is 0.0265. The molecule has 152 valence electrons. The number of aromatic nitrogens is 5. The molecule has 0 amide bonds. The average molecular weight is 420 g/mol. The minimum Gasteiger partial charge on any atom is -0.396 e. The highest BCUT2D eigenvalue weighted by molar-refractivity contribution is 6.31. The molecule has 10 heteroatoms. The zero-order valence-corrected chi connectivity index (χ0v) is 16.6. The molecule has 0 spiro atoms. The van der Waals surface area contributed by atoms with E-state index in [2.05, 4.69) is 4.98 Å². The number of aliphatic hydroxyl groups is 1. The lowest BCUT2D eigenvalue weighted by atomic mass is 10.2. The molecule has 1 N–H and O–H groups in total.